The minimum atomic E-state index is -0.506. The molecule has 25 heavy (non-hydrogen) atoms. The van der Waals surface area contributed by atoms with Crippen LogP contribution < -0.4 is 15.5 Å². The minimum Gasteiger partial charge on any atom is -0.497 e. The number of carbonyl (C=O) groups excluding carboxylic acids is 2. The van der Waals surface area contributed by atoms with Crippen LogP contribution in [0.1, 0.15) is 17.5 Å². The molecule has 0 saturated heterocycles. The zero-order valence-corrected chi connectivity index (χ0v) is 14.6. The number of rotatable bonds is 6. The summed E-state index contributed by atoms with van der Waals surface area (Å²) in [6, 6.07) is 12.1. The van der Waals surface area contributed by atoms with Crippen LogP contribution in [0.4, 0.5) is 5.69 Å². The molecule has 0 fully saturated rings. The summed E-state index contributed by atoms with van der Waals surface area (Å²) in [5, 5.41) is 7.04. The molecule has 0 aromatic heterocycles. The Bertz CT molecular complexity index is 789. The third kappa shape index (κ3) is 5.93. The molecule has 2 N–H and O–H groups in total. The normalized spacial score (nSPS) is 10.5. The molecule has 0 unspecified atom stereocenters. The fourth-order valence-corrected chi connectivity index (χ4v) is 2.14. The van der Waals surface area contributed by atoms with Gasteiger partial charge in [-0.15, -0.1) is 0 Å². The first-order chi connectivity index (χ1) is 12.0. The Labute approximate surface area is 150 Å². The second-order valence-corrected chi connectivity index (χ2v) is 5.68. The first-order valence-electron chi connectivity index (χ1n) is 7.50. The zero-order valence-electron chi connectivity index (χ0n) is 13.9. The van der Waals surface area contributed by atoms with Gasteiger partial charge in [0.15, 0.2) is 0 Å². The molecular formula is C18H18ClN3O3. The van der Waals surface area contributed by atoms with Gasteiger partial charge in [0.05, 0.1) is 13.3 Å². The number of ether oxygens (including phenoxy) is 1. The molecule has 7 heteroatoms. The van der Waals surface area contributed by atoms with Crippen molar-refractivity contribution >= 4 is 35.3 Å². The van der Waals surface area contributed by atoms with Gasteiger partial charge in [-0.1, -0.05) is 11.6 Å². The minimum absolute atomic E-state index is 0.332. The summed E-state index contributed by atoms with van der Waals surface area (Å²) in [6.07, 6.45) is 1.19. The van der Waals surface area contributed by atoms with Crippen LogP contribution in [0.25, 0.3) is 0 Å². The van der Waals surface area contributed by atoms with Crippen molar-refractivity contribution in [1.29, 1.82) is 0 Å². The Morgan fingerprint density at radius 2 is 1.88 bits per heavy atom. The van der Waals surface area contributed by atoms with Gasteiger partial charge in [0.25, 0.3) is 0 Å². The molecule has 0 aliphatic heterocycles. The smallest absolute Gasteiger partial charge is 0.249 e. The average Bonchev–Trinajstić information content (AvgIpc) is 2.58. The molecule has 2 aromatic carbocycles. The van der Waals surface area contributed by atoms with Gasteiger partial charge in [-0.2, -0.15) is 5.10 Å². The molecule has 0 aliphatic rings. The molecule has 0 radical (unpaired) electrons. The van der Waals surface area contributed by atoms with Gasteiger partial charge < -0.3 is 10.1 Å². The number of anilines is 1. The van der Waals surface area contributed by atoms with E-state index in [4.69, 9.17) is 16.3 Å². The summed E-state index contributed by atoms with van der Waals surface area (Å²) in [4.78, 5) is 23.5. The lowest BCUT2D eigenvalue weighted by molar-refractivity contribution is -0.126. The van der Waals surface area contributed by atoms with Crippen molar-refractivity contribution in [3.05, 3.63) is 58.6 Å². The fraction of sp³-hybridized carbons (Fsp3) is 0.167. The fourth-order valence-electron chi connectivity index (χ4n) is 2.02. The van der Waals surface area contributed by atoms with Crippen LogP contribution in [0.3, 0.4) is 0 Å². The summed E-state index contributed by atoms with van der Waals surface area (Å²) in [6.45, 7) is 1.91. The molecule has 0 atom stereocenters. The van der Waals surface area contributed by atoms with Crippen LogP contribution in [-0.4, -0.2) is 25.1 Å². The molecular weight excluding hydrogens is 342 g/mol. The first-order valence-corrected chi connectivity index (χ1v) is 7.87. The van der Waals surface area contributed by atoms with Gasteiger partial charge in [0.1, 0.15) is 12.2 Å². The molecule has 6 nitrogen and oxygen atoms in total. The number of amides is 2. The van der Waals surface area contributed by atoms with E-state index in [1.807, 2.05) is 19.1 Å². The Kier molecular flexibility index (Phi) is 6.54. The largest absolute Gasteiger partial charge is 0.497 e. The van der Waals surface area contributed by atoms with Gasteiger partial charge in [0, 0.05) is 10.7 Å². The molecule has 0 aliphatic carbocycles. The van der Waals surface area contributed by atoms with Crippen molar-refractivity contribution in [2.75, 3.05) is 12.4 Å². The lowest BCUT2D eigenvalue weighted by Gasteiger charge is -2.05. The van der Waals surface area contributed by atoms with Crippen molar-refractivity contribution < 1.29 is 14.3 Å². The van der Waals surface area contributed by atoms with Crippen LogP contribution in [0.2, 0.25) is 5.02 Å². The average molecular weight is 360 g/mol. The van der Waals surface area contributed by atoms with Crippen LogP contribution in [0.15, 0.2) is 47.6 Å². The van der Waals surface area contributed by atoms with E-state index in [2.05, 4.69) is 15.8 Å². The van der Waals surface area contributed by atoms with E-state index >= 15 is 0 Å². The van der Waals surface area contributed by atoms with E-state index in [-0.39, 0.29) is 6.42 Å². The third-order valence-corrected chi connectivity index (χ3v) is 3.57. The van der Waals surface area contributed by atoms with Crippen LogP contribution in [0, 0.1) is 6.92 Å². The Morgan fingerprint density at radius 1 is 1.16 bits per heavy atom. The van der Waals surface area contributed by atoms with Gasteiger partial charge in [0.2, 0.25) is 11.8 Å². The summed E-state index contributed by atoms with van der Waals surface area (Å²) in [5.74, 6) is -0.193. The monoisotopic (exact) mass is 359 g/mol. The predicted octanol–water partition coefficient (Wildman–Crippen LogP) is 3.14. The number of carbonyl (C=O) groups is 2. The van der Waals surface area contributed by atoms with Crippen molar-refractivity contribution in [3.63, 3.8) is 0 Å². The van der Waals surface area contributed by atoms with Crippen molar-refractivity contribution in [1.82, 2.24) is 5.43 Å². The van der Waals surface area contributed by atoms with Crippen molar-refractivity contribution in [2.24, 2.45) is 5.10 Å². The highest BCUT2D eigenvalue weighted by Crippen LogP contribution is 2.15. The number of methoxy groups -OCH3 is 1. The van der Waals surface area contributed by atoms with E-state index in [9.17, 15) is 9.59 Å². The standard InChI is InChI=1S/C18H18ClN3O3/c1-12-9-16(25-2)8-3-13(12)11-20-22-18(24)10-17(23)21-15-6-4-14(19)5-7-15/h3-9,11H,10H2,1-2H3,(H,21,23)(H,22,24). The lowest BCUT2D eigenvalue weighted by Crippen LogP contribution is -2.24. The number of hydrogen-bond acceptors (Lipinski definition) is 4. The summed E-state index contributed by atoms with van der Waals surface area (Å²) >= 11 is 5.77. The van der Waals surface area contributed by atoms with Gasteiger partial charge in [-0.25, -0.2) is 5.43 Å². The summed E-state index contributed by atoms with van der Waals surface area (Å²) in [7, 11) is 1.60. The van der Waals surface area contributed by atoms with E-state index in [0.717, 1.165) is 16.9 Å². The van der Waals surface area contributed by atoms with Crippen molar-refractivity contribution in [3.8, 4) is 5.75 Å². The molecule has 0 heterocycles. The summed E-state index contributed by atoms with van der Waals surface area (Å²) in [5.41, 5.74) is 4.69. The van der Waals surface area contributed by atoms with E-state index in [1.54, 1.807) is 37.4 Å². The number of hydrazone groups is 1. The first kappa shape index (κ1) is 18.5. The van der Waals surface area contributed by atoms with Crippen LogP contribution >= 0.6 is 11.6 Å². The quantitative estimate of drug-likeness (QED) is 0.472. The second kappa shape index (κ2) is 8.84. The Hall–Kier alpha value is -2.86. The lowest BCUT2D eigenvalue weighted by atomic mass is 10.1. The van der Waals surface area contributed by atoms with E-state index in [0.29, 0.717) is 10.7 Å². The maximum absolute atomic E-state index is 11.8. The topological polar surface area (TPSA) is 79.8 Å². The molecule has 0 spiro atoms. The molecule has 2 aromatic rings. The third-order valence-electron chi connectivity index (χ3n) is 3.32. The van der Waals surface area contributed by atoms with E-state index < -0.39 is 11.8 Å². The zero-order chi connectivity index (χ0) is 18.2. The number of halogens is 1. The Balaban J connectivity index is 1.83. The maximum Gasteiger partial charge on any atom is 0.249 e. The van der Waals surface area contributed by atoms with Crippen molar-refractivity contribution in [2.45, 2.75) is 13.3 Å². The van der Waals surface area contributed by atoms with E-state index in [1.165, 1.54) is 6.21 Å². The van der Waals surface area contributed by atoms with Gasteiger partial charge in [-0.05, 0) is 60.5 Å². The van der Waals surface area contributed by atoms with Gasteiger partial charge in [-0.3, -0.25) is 9.59 Å². The number of nitrogens with zero attached hydrogens (tertiary/aromatic N) is 1. The molecule has 2 amide bonds. The molecule has 0 saturated carbocycles. The molecule has 130 valence electrons. The number of hydrogen-bond donors (Lipinski definition) is 2. The second-order valence-electron chi connectivity index (χ2n) is 5.25. The summed E-state index contributed by atoms with van der Waals surface area (Å²) < 4.78 is 5.13. The highest BCUT2D eigenvalue weighted by atomic mass is 35.5. The maximum atomic E-state index is 11.8. The molecule has 2 rings (SSSR count). The Morgan fingerprint density at radius 3 is 2.52 bits per heavy atom. The molecule has 0 bridgehead atoms. The number of benzene rings is 2. The van der Waals surface area contributed by atoms with Gasteiger partial charge >= 0.3 is 0 Å². The number of aryl methyl sites for hydroxylation is 1. The predicted molar refractivity (Wildman–Crippen MR) is 98.2 cm³/mol. The van der Waals surface area contributed by atoms with Crippen LogP contribution in [0.5, 0.6) is 5.75 Å². The van der Waals surface area contributed by atoms with Crippen LogP contribution in [-0.2, 0) is 9.59 Å². The highest BCUT2D eigenvalue weighted by molar-refractivity contribution is 6.30. The number of nitrogens with one attached hydrogen (secondary N) is 2. The highest BCUT2D eigenvalue weighted by Gasteiger charge is 2.09. The SMILES string of the molecule is COc1ccc(C=NNC(=O)CC(=O)Nc2ccc(Cl)cc2)c(C)c1.